The van der Waals surface area contributed by atoms with E-state index >= 15 is 0 Å². The first-order chi connectivity index (χ1) is 11.9. The van der Waals surface area contributed by atoms with Crippen LogP contribution >= 0.6 is 0 Å². The molecule has 1 unspecified atom stereocenters. The van der Waals surface area contributed by atoms with Crippen molar-refractivity contribution < 1.29 is 14.3 Å². The minimum atomic E-state index is -0.515. The summed E-state index contributed by atoms with van der Waals surface area (Å²) in [6.45, 7) is 15.2. The fourth-order valence-electron chi connectivity index (χ4n) is 6.18. The van der Waals surface area contributed by atoms with Crippen LogP contribution in [0.15, 0.2) is 0 Å². The summed E-state index contributed by atoms with van der Waals surface area (Å²) >= 11 is 0. The summed E-state index contributed by atoms with van der Waals surface area (Å²) in [5.74, 6) is 3.18. The summed E-state index contributed by atoms with van der Waals surface area (Å²) in [4.78, 5) is 13.0. The van der Waals surface area contributed by atoms with Crippen LogP contribution < -0.4 is 0 Å². The summed E-state index contributed by atoms with van der Waals surface area (Å²) in [7, 11) is 0. The summed E-state index contributed by atoms with van der Waals surface area (Å²) in [5.41, 5.74) is -0.595. The number of ether oxygens (including phenoxy) is 2. The van der Waals surface area contributed by atoms with E-state index in [0.29, 0.717) is 17.9 Å². The third-order valence-corrected chi connectivity index (χ3v) is 7.58. The lowest BCUT2D eigenvalue weighted by Gasteiger charge is -2.53. The van der Waals surface area contributed by atoms with Crippen molar-refractivity contribution in [3.63, 3.8) is 0 Å². The van der Waals surface area contributed by atoms with Gasteiger partial charge in [0.05, 0.1) is 11.5 Å². The lowest BCUT2D eigenvalue weighted by molar-refractivity contribution is -0.199. The fraction of sp³-hybridized carbons (Fsp3) is 0.957. The lowest BCUT2D eigenvalue weighted by Crippen LogP contribution is -2.50. The molecule has 4 aliphatic carbocycles. The molecule has 0 spiro atoms. The zero-order valence-corrected chi connectivity index (χ0v) is 18.1. The number of rotatable bonds is 5. The Kier molecular flexibility index (Phi) is 5.27. The molecular formula is C23H40O3. The van der Waals surface area contributed by atoms with E-state index in [0.717, 1.165) is 18.3 Å². The minimum absolute atomic E-state index is 0.0727. The molecule has 0 aliphatic heterocycles. The van der Waals surface area contributed by atoms with Crippen molar-refractivity contribution in [1.29, 1.82) is 0 Å². The quantitative estimate of drug-likeness (QED) is 0.456. The van der Waals surface area contributed by atoms with Gasteiger partial charge in [0.25, 0.3) is 0 Å². The second-order valence-electron chi connectivity index (χ2n) is 11.9. The zero-order valence-electron chi connectivity index (χ0n) is 18.1. The molecule has 0 heterocycles. The third-order valence-electron chi connectivity index (χ3n) is 7.58. The van der Waals surface area contributed by atoms with E-state index in [-0.39, 0.29) is 23.6 Å². The molecule has 0 saturated heterocycles. The highest BCUT2D eigenvalue weighted by Gasteiger charge is 2.50. The van der Waals surface area contributed by atoms with Crippen LogP contribution in [0.4, 0.5) is 0 Å². The molecule has 0 radical (unpaired) electrons. The van der Waals surface area contributed by atoms with Crippen LogP contribution in [-0.4, -0.2) is 18.9 Å². The highest BCUT2D eigenvalue weighted by atomic mass is 16.7. The van der Waals surface area contributed by atoms with Crippen LogP contribution in [0.1, 0.15) is 87.0 Å². The van der Waals surface area contributed by atoms with Crippen molar-refractivity contribution in [2.45, 2.75) is 93.1 Å². The van der Waals surface area contributed by atoms with Gasteiger partial charge in [0.2, 0.25) is 0 Å². The van der Waals surface area contributed by atoms with Crippen molar-refractivity contribution in [3.8, 4) is 0 Å². The van der Waals surface area contributed by atoms with Crippen molar-refractivity contribution >= 4 is 5.97 Å². The largest absolute Gasteiger partial charge is 0.438 e. The van der Waals surface area contributed by atoms with E-state index in [9.17, 15) is 4.79 Å². The topological polar surface area (TPSA) is 35.5 Å². The molecule has 4 bridgehead atoms. The first-order valence-electron chi connectivity index (χ1n) is 10.7. The average molecular weight is 365 g/mol. The number of carbonyl (C=O) groups excluding carboxylic acids is 1. The van der Waals surface area contributed by atoms with Gasteiger partial charge in [-0.1, -0.05) is 41.5 Å². The maximum Gasteiger partial charge on any atom is 0.314 e. The van der Waals surface area contributed by atoms with Gasteiger partial charge in [-0.2, -0.15) is 0 Å². The van der Waals surface area contributed by atoms with E-state index in [1.165, 1.54) is 32.1 Å². The van der Waals surface area contributed by atoms with Crippen LogP contribution in [0.2, 0.25) is 0 Å². The molecule has 150 valence electrons. The van der Waals surface area contributed by atoms with E-state index in [2.05, 4.69) is 48.5 Å². The molecule has 3 nitrogen and oxygen atoms in total. The van der Waals surface area contributed by atoms with E-state index < -0.39 is 5.41 Å². The smallest absolute Gasteiger partial charge is 0.314 e. The number of hydrogen-bond acceptors (Lipinski definition) is 3. The van der Waals surface area contributed by atoms with Gasteiger partial charge >= 0.3 is 5.97 Å². The standard InChI is InChI=1S/C23H40O3/c1-21(2,3)13-23(7,22(4,5)6)20(24)26-14-25-19-17-9-15-8-16(11-17)12-18(19)10-15/h15-19H,8-14H2,1-7H3. The Labute approximate surface area is 160 Å². The van der Waals surface area contributed by atoms with Gasteiger partial charge in [0.1, 0.15) is 0 Å². The SMILES string of the molecule is CC(C)(C)CC(C)(C(=O)OCOC1C2CC3CC(C2)CC1C3)C(C)(C)C. The van der Waals surface area contributed by atoms with Crippen molar-refractivity contribution in [2.24, 2.45) is 39.9 Å². The Hall–Kier alpha value is -0.570. The van der Waals surface area contributed by atoms with Gasteiger partial charge in [-0.05, 0) is 80.0 Å². The molecule has 4 saturated carbocycles. The average Bonchev–Trinajstić information content (AvgIpc) is 2.46. The normalized spacial score (nSPS) is 36.0. The van der Waals surface area contributed by atoms with Gasteiger partial charge < -0.3 is 9.47 Å². The maximum absolute atomic E-state index is 13.0. The van der Waals surface area contributed by atoms with Gasteiger partial charge in [-0.3, -0.25) is 4.79 Å². The first kappa shape index (κ1) is 20.2. The number of esters is 1. The molecule has 0 amide bonds. The second kappa shape index (κ2) is 6.79. The van der Waals surface area contributed by atoms with Crippen LogP contribution in [0, 0.1) is 39.9 Å². The van der Waals surface area contributed by atoms with Crippen LogP contribution in [0.25, 0.3) is 0 Å². The Bertz CT molecular complexity index is 497. The van der Waals surface area contributed by atoms with Crippen LogP contribution in [0.3, 0.4) is 0 Å². The Morgan fingerprint density at radius 1 is 0.846 bits per heavy atom. The molecule has 0 aromatic rings. The number of carbonyl (C=O) groups is 1. The predicted molar refractivity (Wildman–Crippen MR) is 105 cm³/mol. The third kappa shape index (κ3) is 3.98. The van der Waals surface area contributed by atoms with Gasteiger partial charge in [0, 0.05) is 0 Å². The van der Waals surface area contributed by atoms with Crippen molar-refractivity contribution in [1.82, 2.24) is 0 Å². The van der Waals surface area contributed by atoms with Crippen molar-refractivity contribution in [3.05, 3.63) is 0 Å². The molecule has 26 heavy (non-hydrogen) atoms. The molecule has 4 aliphatic rings. The summed E-state index contributed by atoms with van der Waals surface area (Å²) in [6.07, 6.45) is 7.89. The lowest BCUT2D eigenvalue weighted by atomic mass is 9.55. The zero-order chi connectivity index (χ0) is 19.3. The maximum atomic E-state index is 13.0. The van der Waals surface area contributed by atoms with E-state index in [4.69, 9.17) is 9.47 Å². The predicted octanol–water partition coefficient (Wildman–Crippen LogP) is 5.82. The number of hydrogen-bond donors (Lipinski definition) is 0. The van der Waals surface area contributed by atoms with Gasteiger partial charge in [-0.15, -0.1) is 0 Å². The molecule has 4 rings (SSSR count). The van der Waals surface area contributed by atoms with Gasteiger partial charge in [-0.25, -0.2) is 0 Å². The summed E-state index contributed by atoms with van der Waals surface area (Å²) in [6, 6.07) is 0. The van der Waals surface area contributed by atoms with Crippen LogP contribution in [-0.2, 0) is 14.3 Å². The summed E-state index contributed by atoms with van der Waals surface area (Å²) < 4.78 is 11.9. The minimum Gasteiger partial charge on any atom is -0.438 e. The highest BCUT2D eigenvalue weighted by molar-refractivity contribution is 5.77. The molecular weight excluding hydrogens is 324 g/mol. The highest BCUT2D eigenvalue weighted by Crippen LogP contribution is 2.54. The molecule has 3 heteroatoms. The van der Waals surface area contributed by atoms with E-state index in [1.807, 2.05) is 0 Å². The molecule has 0 aromatic carbocycles. The van der Waals surface area contributed by atoms with E-state index in [1.54, 1.807) is 0 Å². The monoisotopic (exact) mass is 364 g/mol. The Balaban J connectivity index is 1.57. The molecule has 0 aromatic heterocycles. The van der Waals surface area contributed by atoms with Crippen molar-refractivity contribution in [2.75, 3.05) is 6.79 Å². The first-order valence-corrected chi connectivity index (χ1v) is 10.7. The molecule has 0 N–H and O–H groups in total. The molecule has 1 atom stereocenters. The second-order valence-corrected chi connectivity index (χ2v) is 11.9. The summed E-state index contributed by atoms with van der Waals surface area (Å²) in [5, 5.41) is 0. The molecule has 4 fully saturated rings. The Morgan fingerprint density at radius 2 is 1.35 bits per heavy atom. The Morgan fingerprint density at radius 3 is 1.77 bits per heavy atom. The van der Waals surface area contributed by atoms with Crippen LogP contribution in [0.5, 0.6) is 0 Å². The fourth-order valence-corrected chi connectivity index (χ4v) is 6.18. The van der Waals surface area contributed by atoms with Gasteiger partial charge in [0.15, 0.2) is 6.79 Å².